The van der Waals surface area contributed by atoms with Crippen molar-refractivity contribution < 1.29 is 5.11 Å². The van der Waals surface area contributed by atoms with E-state index >= 15 is 0 Å². The van der Waals surface area contributed by atoms with Crippen LogP contribution in [-0.2, 0) is 0 Å². The van der Waals surface area contributed by atoms with Gasteiger partial charge in [0.15, 0.2) is 0 Å². The van der Waals surface area contributed by atoms with Gasteiger partial charge in [-0.25, -0.2) is 0 Å². The van der Waals surface area contributed by atoms with Crippen LogP contribution in [0.2, 0.25) is 0 Å². The number of nitrogens with zero attached hydrogens (tertiary/aromatic N) is 2. The quantitative estimate of drug-likeness (QED) is 0.710. The van der Waals surface area contributed by atoms with Crippen LogP contribution in [0.15, 0.2) is 0 Å². The zero-order valence-electron chi connectivity index (χ0n) is 11.0. The first-order valence-corrected chi connectivity index (χ1v) is 5.77. The third kappa shape index (κ3) is 2.71. The van der Waals surface area contributed by atoms with E-state index in [-0.39, 0.29) is 23.7 Å². The standard InChI is InChI=1S/C12H26N2O/c1-11(2,3)14-7-10(8-15)13(6)9-12(14,4)5/h10,15H,7-9H2,1-6H3. The molecule has 1 saturated heterocycles. The van der Waals surface area contributed by atoms with Gasteiger partial charge in [-0.3, -0.25) is 9.80 Å². The van der Waals surface area contributed by atoms with Gasteiger partial charge in [0, 0.05) is 30.2 Å². The Morgan fingerprint density at radius 3 is 2.27 bits per heavy atom. The molecule has 0 aromatic carbocycles. The molecule has 15 heavy (non-hydrogen) atoms. The highest BCUT2D eigenvalue weighted by molar-refractivity contribution is 4.98. The average molecular weight is 214 g/mol. The molecule has 3 heteroatoms. The van der Waals surface area contributed by atoms with Gasteiger partial charge in [0.2, 0.25) is 0 Å². The van der Waals surface area contributed by atoms with Crippen molar-refractivity contribution in [2.45, 2.75) is 51.7 Å². The van der Waals surface area contributed by atoms with Gasteiger partial charge in [-0.2, -0.15) is 0 Å². The van der Waals surface area contributed by atoms with Gasteiger partial charge >= 0.3 is 0 Å². The molecule has 0 aromatic rings. The van der Waals surface area contributed by atoms with E-state index in [0.29, 0.717) is 0 Å². The monoisotopic (exact) mass is 214 g/mol. The maximum Gasteiger partial charge on any atom is 0.0599 e. The second-order valence-corrected chi connectivity index (χ2v) is 6.35. The van der Waals surface area contributed by atoms with Crippen LogP contribution in [0, 0.1) is 0 Å². The molecule has 1 heterocycles. The van der Waals surface area contributed by atoms with E-state index in [1.165, 1.54) is 0 Å². The largest absolute Gasteiger partial charge is 0.395 e. The van der Waals surface area contributed by atoms with Crippen molar-refractivity contribution in [3.8, 4) is 0 Å². The number of piperazine rings is 1. The first kappa shape index (κ1) is 12.9. The lowest BCUT2D eigenvalue weighted by Crippen LogP contribution is -2.67. The van der Waals surface area contributed by atoms with Crippen LogP contribution >= 0.6 is 0 Å². The Morgan fingerprint density at radius 2 is 1.87 bits per heavy atom. The Balaban J connectivity index is 2.86. The van der Waals surface area contributed by atoms with Gasteiger partial charge in [0.1, 0.15) is 0 Å². The van der Waals surface area contributed by atoms with E-state index in [2.05, 4.69) is 51.5 Å². The smallest absolute Gasteiger partial charge is 0.0599 e. The first-order chi connectivity index (χ1) is 6.68. The highest BCUT2D eigenvalue weighted by Gasteiger charge is 2.41. The van der Waals surface area contributed by atoms with E-state index in [1.54, 1.807) is 0 Å². The van der Waals surface area contributed by atoms with E-state index in [9.17, 15) is 5.11 Å². The van der Waals surface area contributed by atoms with Gasteiger partial charge in [0.05, 0.1) is 6.61 Å². The molecule has 1 N–H and O–H groups in total. The van der Waals surface area contributed by atoms with Crippen molar-refractivity contribution in [2.24, 2.45) is 0 Å². The molecule has 0 aliphatic carbocycles. The minimum atomic E-state index is 0.165. The van der Waals surface area contributed by atoms with Crippen molar-refractivity contribution >= 4 is 0 Å². The fourth-order valence-electron chi connectivity index (χ4n) is 2.80. The summed E-state index contributed by atoms with van der Waals surface area (Å²) in [6.07, 6.45) is 0. The number of likely N-dealkylation sites (N-methyl/N-ethyl adjacent to an activating group) is 1. The van der Waals surface area contributed by atoms with Crippen LogP contribution < -0.4 is 0 Å². The van der Waals surface area contributed by atoms with Crippen molar-refractivity contribution in [2.75, 3.05) is 26.7 Å². The highest BCUT2D eigenvalue weighted by atomic mass is 16.3. The minimum absolute atomic E-state index is 0.165. The molecule has 1 aliphatic heterocycles. The van der Waals surface area contributed by atoms with Gasteiger partial charge < -0.3 is 5.11 Å². The van der Waals surface area contributed by atoms with E-state index < -0.39 is 0 Å². The van der Waals surface area contributed by atoms with Crippen LogP contribution in [0.25, 0.3) is 0 Å². The summed E-state index contributed by atoms with van der Waals surface area (Å²) in [5, 5.41) is 9.35. The molecule has 1 aliphatic rings. The Bertz CT molecular complexity index is 220. The van der Waals surface area contributed by atoms with Crippen LogP contribution in [0.5, 0.6) is 0 Å². The Labute approximate surface area is 94.1 Å². The third-order valence-electron chi connectivity index (χ3n) is 3.40. The van der Waals surface area contributed by atoms with Gasteiger partial charge in [-0.1, -0.05) is 0 Å². The molecule has 1 unspecified atom stereocenters. The minimum Gasteiger partial charge on any atom is -0.395 e. The highest BCUT2D eigenvalue weighted by Crippen LogP contribution is 2.30. The maximum absolute atomic E-state index is 9.35. The molecule has 0 bridgehead atoms. The predicted molar refractivity (Wildman–Crippen MR) is 64.0 cm³/mol. The topological polar surface area (TPSA) is 26.7 Å². The lowest BCUT2D eigenvalue weighted by Gasteiger charge is -2.55. The molecular formula is C12H26N2O. The zero-order valence-corrected chi connectivity index (χ0v) is 11.0. The molecule has 0 amide bonds. The Hall–Kier alpha value is -0.120. The third-order valence-corrected chi connectivity index (χ3v) is 3.40. The SMILES string of the molecule is CN1CC(C)(C)N(C(C)(C)C)CC1CO. The molecule has 3 nitrogen and oxygen atoms in total. The molecule has 0 spiro atoms. The van der Waals surface area contributed by atoms with Crippen LogP contribution in [0.1, 0.15) is 34.6 Å². The fraction of sp³-hybridized carbons (Fsp3) is 1.00. The maximum atomic E-state index is 9.35. The molecule has 1 rings (SSSR count). The summed E-state index contributed by atoms with van der Waals surface area (Å²) in [4.78, 5) is 4.77. The van der Waals surface area contributed by atoms with Crippen molar-refractivity contribution in [1.82, 2.24) is 9.80 Å². The lowest BCUT2D eigenvalue weighted by molar-refractivity contribution is -0.0681. The lowest BCUT2D eigenvalue weighted by atomic mass is 9.89. The summed E-state index contributed by atoms with van der Waals surface area (Å²) < 4.78 is 0. The Kier molecular flexibility index (Phi) is 3.49. The molecule has 1 atom stereocenters. The van der Waals surface area contributed by atoms with Gasteiger partial charge in [-0.15, -0.1) is 0 Å². The molecule has 0 saturated carbocycles. The van der Waals surface area contributed by atoms with Crippen LogP contribution in [0.4, 0.5) is 0 Å². The predicted octanol–water partition coefficient (Wildman–Crippen LogP) is 1.17. The number of rotatable bonds is 1. The molecule has 0 aromatic heterocycles. The van der Waals surface area contributed by atoms with Crippen molar-refractivity contribution in [3.63, 3.8) is 0 Å². The first-order valence-electron chi connectivity index (χ1n) is 5.77. The molecule has 90 valence electrons. The number of hydrogen-bond donors (Lipinski definition) is 1. The average Bonchev–Trinajstić information content (AvgIpc) is 1.99. The van der Waals surface area contributed by atoms with Crippen LogP contribution in [-0.4, -0.2) is 58.8 Å². The zero-order chi connectivity index (χ0) is 11.9. The van der Waals surface area contributed by atoms with Crippen LogP contribution in [0.3, 0.4) is 0 Å². The number of aliphatic hydroxyl groups excluding tert-OH is 1. The number of aliphatic hydroxyl groups is 1. The molecular weight excluding hydrogens is 188 g/mol. The summed E-state index contributed by atoms with van der Waals surface area (Å²) in [6.45, 7) is 13.5. The molecule has 0 radical (unpaired) electrons. The fourth-order valence-corrected chi connectivity index (χ4v) is 2.80. The summed E-state index contributed by atoms with van der Waals surface area (Å²) in [5.74, 6) is 0. The number of hydrogen-bond acceptors (Lipinski definition) is 3. The van der Waals surface area contributed by atoms with Crippen molar-refractivity contribution in [3.05, 3.63) is 0 Å². The Morgan fingerprint density at radius 1 is 1.33 bits per heavy atom. The second kappa shape index (κ2) is 4.04. The van der Waals surface area contributed by atoms with Gasteiger partial charge in [0.25, 0.3) is 0 Å². The normalized spacial score (nSPS) is 29.4. The van der Waals surface area contributed by atoms with E-state index in [1.807, 2.05) is 0 Å². The summed E-state index contributed by atoms with van der Waals surface area (Å²) in [7, 11) is 2.10. The van der Waals surface area contributed by atoms with Gasteiger partial charge in [-0.05, 0) is 41.7 Å². The second-order valence-electron chi connectivity index (χ2n) is 6.35. The van der Waals surface area contributed by atoms with E-state index in [4.69, 9.17) is 0 Å². The van der Waals surface area contributed by atoms with E-state index in [0.717, 1.165) is 13.1 Å². The molecule has 1 fully saturated rings. The van der Waals surface area contributed by atoms with Crippen molar-refractivity contribution in [1.29, 1.82) is 0 Å². The summed E-state index contributed by atoms with van der Waals surface area (Å²) in [6, 6.07) is 0.275. The summed E-state index contributed by atoms with van der Waals surface area (Å²) in [5.41, 5.74) is 0.344. The summed E-state index contributed by atoms with van der Waals surface area (Å²) >= 11 is 0.